The molecule has 0 saturated carbocycles. The van der Waals surface area contributed by atoms with E-state index in [4.69, 9.17) is 5.11 Å². The highest BCUT2D eigenvalue weighted by Crippen LogP contribution is 2.20. The molecule has 16 heavy (non-hydrogen) atoms. The Morgan fingerprint density at radius 2 is 2.12 bits per heavy atom. The average molecular weight is 221 g/mol. The van der Waals surface area contributed by atoms with Crippen LogP contribution in [0.4, 0.5) is 5.82 Å². The topological polar surface area (TPSA) is 66.3 Å². The molecule has 0 radical (unpaired) electrons. The van der Waals surface area contributed by atoms with E-state index in [-0.39, 0.29) is 0 Å². The summed E-state index contributed by atoms with van der Waals surface area (Å²) in [5, 5.41) is 8.92. The van der Waals surface area contributed by atoms with Gasteiger partial charge in [-0.3, -0.25) is 4.79 Å². The van der Waals surface area contributed by atoms with Crippen molar-refractivity contribution in [1.29, 1.82) is 0 Å². The van der Waals surface area contributed by atoms with E-state index in [2.05, 4.69) is 14.9 Å². The average Bonchev–Trinajstić information content (AvgIpc) is 2.81. The van der Waals surface area contributed by atoms with Crippen LogP contribution in [0.1, 0.15) is 31.4 Å². The zero-order chi connectivity index (χ0) is 11.5. The molecule has 0 spiro atoms. The van der Waals surface area contributed by atoms with Crippen LogP contribution in [0, 0.1) is 0 Å². The van der Waals surface area contributed by atoms with Crippen molar-refractivity contribution in [3.63, 3.8) is 0 Å². The van der Waals surface area contributed by atoms with Gasteiger partial charge in [0, 0.05) is 19.2 Å². The largest absolute Gasteiger partial charge is 0.481 e. The molecule has 1 atom stereocenters. The zero-order valence-corrected chi connectivity index (χ0v) is 9.26. The first-order valence-corrected chi connectivity index (χ1v) is 5.48. The van der Waals surface area contributed by atoms with Crippen LogP contribution in [-0.2, 0) is 4.79 Å². The van der Waals surface area contributed by atoms with Crippen molar-refractivity contribution < 1.29 is 9.90 Å². The summed E-state index contributed by atoms with van der Waals surface area (Å²) < 4.78 is 0. The number of anilines is 1. The number of aromatic nitrogens is 2. The Morgan fingerprint density at radius 3 is 2.75 bits per heavy atom. The fourth-order valence-electron chi connectivity index (χ4n) is 1.84. The van der Waals surface area contributed by atoms with Gasteiger partial charge in [0.2, 0.25) is 0 Å². The predicted molar refractivity (Wildman–Crippen MR) is 59.5 cm³/mol. The Labute approximate surface area is 94.1 Å². The fourth-order valence-corrected chi connectivity index (χ4v) is 1.84. The van der Waals surface area contributed by atoms with Gasteiger partial charge in [0.15, 0.2) is 0 Å². The van der Waals surface area contributed by atoms with E-state index in [1.54, 1.807) is 13.0 Å². The molecule has 1 aromatic heterocycles. The highest BCUT2D eigenvalue weighted by atomic mass is 16.4. The summed E-state index contributed by atoms with van der Waals surface area (Å²) in [7, 11) is 0. The Morgan fingerprint density at radius 1 is 1.44 bits per heavy atom. The molecule has 1 aromatic rings. The summed E-state index contributed by atoms with van der Waals surface area (Å²) in [6.45, 7) is 3.63. The van der Waals surface area contributed by atoms with Gasteiger partial charge in [-0.1, -0.05) is 0 Å². The van der Waals surface area contributed by atoms with Crippen molar-refractivity contribution in [3.05, 3.63) is 18.1 Å². The van der Waals surface area contributed by atoms with Crippen molar-refractivity contribution in [3.8, 4) is 0 Å². The molecule has 5 heteroatoms. The van der Waals surface area contributed by atoms with Gasteiger partial charge >= 0.3 is 5.97 Å². The molecule has 0 amide bonds. The van der Waals surface area contributed by atoms with Crippen LogP contribution in [0.5, 0.6) is 0 Å². The maximum absolute atomic E-state index is 10.9. The molecule has 0 bridgehead atoms. The highest BCUT2D eigenvalue weighted by Gasteiger charge is 2.18. The lowest BCUT2D eigenvalue weighted by Crippen LogP contribution is -2.20. The number of hydrogen-bond donors (Lipinski definition) is 1. The Bertz CT molecular complexity index is 389. The van der Waals surface area contributed by atoms with Crippen LogP contribution >= 0.6 is 0 Å². The summed E-state index contributed by atoms with van der Waals surface area (Å²) in [4.78, 5) is 21.2. The van der Waals surface area contributed by atoms with Gasteiger partial charge in [0.25, 0.3) is 0 Å². The predicted octanol–water partition coefficient (Wildman–Crippen LogP) is 1.26. The SMILES string of the molecule is CC(C(=O)O)c1cc(N2CCCC2)ncn1. The maximum Gasteiger partial charge on any atom is 0.312 e. The van der Waals surface area contributed by atoms with E-state index >= 15 is 0 Å². The first-order chi connectivity index (χ1) is 7.68. The first-order valence-electron chi connectivity index (χ1n) is 5.48. The molecule has 0 aromatic carbocycles. The minimum absolute atomic E-state index is 0.574. The Kier molecular flexibility index (Phi) is 3.03. The standard InChI is InChI=1S/C11H15N3O2/c1-8(11(15)16)9-6-10(13-7-12-9)14-4-2-3-5-14/h6-8H,2-5H2,1H3,(H,15,16). The molecule has 1 N–H and O–H groups in total. The third kappa shape index (κ3) is 2.13. The van der Waals surface area contributed by atoms with E-state index < -0.39 is 11.9 Å². The summed E-state index contributed by atoms with van der Waals surface area (Å²) in [5.74, 6) is -0.592. The van der Waals surface area contributed by atoms with E-state index in [0.717, 1.165) is 18.9 Å². The van der Waals surface area contributed by atoms with Gasteiger partial charge in [-0.05, 0) is 19.8 Å². The van der Waals surface area contributed by atoms with Crippen molar-refractivity contribution in [2.24, 2.45) is 0 Å². The smallest absolute Gasteiger partial charge is 0.312 e. The third-order valence-corrected chi connectivity index (χ3v) is 2.92. The maximum atomic E-state index is 10.9. The molecule has 1 unspecified atom stereocenters. The molecule has 1 aliphatic heterocycles. The quantitative estimate of drug-likeness (QED) is 0.832. The number of nitrogens with zero attached hydrogens (tertiary/aromatic N) is 3. The minimum atomic E-state index is -0.855. The highest BCUT2D eigenvalue weighted by molar-refractivity contribution is 5.75. The second kappa shape index (κ2) is 4.47. The molecule has 86 valence electrons. The van der Waals surface area contributed by atoms with Crippen molar-refractivity contribution in [2.45, 2.75) is 25.7 Å². The lowest BCUT2D eigenvalue weighted by atomic mass is 10.1. The molecule has 5 nitrogen and oxygen atoms in total. The van der Waals surface area contributed by atoms with Gasteiger partial charge in [0.05, 0.1) is 11.6 Å². The number of aliphatic carboxylic acids is 1. The molecule has 1 saturated heterocycles. The van der Waals surface area contributed by atoms with Crippen molar-refractivity contribution >= 4 is 11.8 Å². The summed E-state index contributed by atoms with van der Waals surface area (Å²) in [6, 6.07) is 1.78. The molecule has 1 aliphatic rings. The van der Waals surface area contributed by atoms with Gasteiger partial charge < -0.3 is 10.0 Å². The second-order valence-corrected chi connectivity index (χ2v) is 4.06. The summed E-state index contributed by atoms with van der Waals surface area (Å²) in [5.41, 5.74) is 0.574. The van der Waals surface area contributed by atoms with Crippen LogP contribution in [-0.4, -0.2) is 34.1 Å². The Balaban J connectivity index is 2.21. The first kappa shape index (κ1) is 10.9. The van der Waals surface area contributed by atoms with Crippen LogP contribution < -0.4 is 4.90 Å². The van der Waals surface area contributed by atoms with Gasteiger partial charge in [0.1, 0.15) is 12.1 Å². The number of carbonyl (C=O) groups is 1. The fraction of sp³-hybridized carbons (Fsp3) is 0.545. The lowest BCUT2D eigenvalue weighted by Gasteiger charge is -2.17. The molecule has 1 fully saturated rings. The van der Waals surface area contributed by atoms with Gasteiger partial charge in [-0.2, -0.15) is 0 Å². The van der Waals surface area contributed by atoms with E-state index in [9.17, 15) is 4.79 Å². The molecule has 2 rings (SSSR count). The van der Waals surface area contributed by atoms with E-state index in [1.807, 2.05) is 0 Å². The summed E-state index contributed by atoms with van der Waals surface area (Å²) >= 11 is 0. The van der Waals surface area contributed by atoms with Crippen molar-refractivity contribution in [2.75, 3.05) is 18.0 Å². The zero-order valence-electron chi connectivity index (χ0n) is 9.26. The monoisotopic (exact) mass is 221 g/mol. The molecular weight excluding hydrogens is 206 g/mol. The van der Waals surface area contributed by atoms with Crippen LogP contribution in [0.2, 0.25) is 0 Å². The van der Waals surface area contributed by atoms with E-state index in [0.29, 0.717) is 5.69 Å². The number of carboxylic acid groups (broad SMARTS) is 1. The second-order valence-electron chi connectivity index (χ2n) is 4.06. The number of rotatable bonds is 3. The third-order valence-electron chi connectivity index (χ3n) is 2.92. The van der Waals surface area contributed by atoms with Gasteiger partial charge in [-0.15, -0.1) is 0 Å². The van der Waals surface area contributed by atoms with Crippen LogP contribution in [0.3, 0.4) is 0 Å². The van der Waals surface area contributed by atoms with Gasteiger partial charge in [-0.25, -0.2) is 9.97 Å². The molecular formula is C11H15N3O2. The lowest BCUT2D eigenvalue weighted by molar-refractivity contribution is -0.138. The number of hydrogen-bond acceptors (Lipinski definition) is 4. The number of carboxylic acids is 1. The normalized spacial score (nSPS) is 17.4. The van der Waals surface area contributed by atoms with E-state index in [1.165, 1.54) is 19.2 Å². The minimum Gasteiger partial charge on any atom is -0.481 e. The molecule has 2 heterocycles. The van der Waals surface area contributed by atoms with Crippen LogP contribution in [0.15, 0.2) is 12.4 Å². The van der Waals surface area contributed by atoms with Crippen LogP contribution in [0.25, 0.3) is 0 Å². The molecule has 0 aliphatic carbocycles. The summed E-state index contributed by atoms with van der Waals surface area (Å²) in [6.07, 6.45) is 3.80. The van der Waals surface area contributed by atoms with Crippen molar-refractivity contribution in [1.82, 2.24) is 9.97 Å². The Hall–Kier alpha value is -1.65.